The number of fused-ring (bicyclic) bond motifs is 3. The number of nitro groups is 1. The van der Waals surface area contributed by atoms with Gasteiger partial charge in [0.2, 0.25) is 0 Å². The number of nitrogens with one attached hydrogen (secondary N) is 2. The lowest BCUT2D eigenvalue weighted by Gasteiger charge is -2.30. The molecule has 0 bridgehead atoms. The molecule has 8 nitrogen and oxygen atoms in total. The van der Waals surface area contributed by atoms with E-state index in [4.69, 9.17) is 16.0 Å². The number of rotatable bonds is 4. The van der Waals surface area contributed by atoms with Crippen molar-refractivity contribution in [1.29, 1.82) is 0 Å². The zero-order chi connectivity index (χ0) is 22.6. The number of nitro benzene ring substituents is 1. The van der Waals surface area contributed by atoms with Gasteiger partial charge in [-0.05, 0) is 44.0 Å². The normalized spacial score (nSPS) is 18.1. The van der Waals surface area contributed by atoms with Crippen LogP contribution in [0.25, 0.3) is 11.3 Å². The Hall–Kier alpha value is -2.88. The van der Waals surface area contributed by atoms with Crippen molar-refractivity contribution >= 4 is 39.5 Å². The molecule has 5 rings (SSSR count). The predicted molar refractivity (Wildman–Crippen MR) is 123 cm³/mol. The number of non-ortho nitro benzene ring substituents is 1. The Labute approximate surface area is 193 Å². The third-order valence-corrected chi connectivity index (χ3v) is 7.41. The van der Waals surface area contributed by atoms with E-state index in [1.807, 2.05) is 0 Å². The summed E-state index contributed by atoms with van der Waals surface area (Å²) >= 11 is 7.86. The van der Waals surface area contributed by atoms with Crippen LogP contribution in [0.3, 0.4) is 0 Å². The Morgan fingerprint density at radius 3 is 2.84 bits per heavy atom. The monoisotopic (exact) mass is 472 g/mol. The van der Waals surface area contributed by atoms with Crippen LogP contribution in [-0.4, -0.2) is 28.3 Å². The molecule has 0 spiro atoms. The molecule has 2 aromatic heterocycles. The number of hydrogen-bond donors (Lipinski definition) is 2. The third-order valence-electron chi connectivity index (χ3n) is 5.93. The highest BCUT2D eigenvalue weighted by molar-refractivity contribution is 7.16. The molecule has 1 aromatic carbocycles. The molecule has 2 aliphatic heterocycles. The number of anilines is 1. The highest BCUT2D eigenvalue weighted by atomic mass is 35.5. The summed E-state index contributed by atoms with van der Waals surface area (Å²) in [4.78, 5) is 27.2. The van der Waals surface area contributed by atoms with Gasteiger partial charge in [-0.1, -0.05) is 11.6 Å². The van der Waals surface area contributed by atoms with Gasteiger partial charge >= 0.3 is 0 Å². The van der Waals surface area contributed by atoms with Crippen molar-refractivity contribution in [2.24, 2.45) is 0 Å². The van der Waals surface area contributed by atoms with Gasteiger partial charge in [-0.15, -0.1) is 11.3 Å². The van der Waals surface area contributed by atoms with Gasteiger partial charge in [-0.2, -0.15) is 0 Å². The van der Waals surface area contributed by atoms with Crippen LogP contribution >= 0.6 is 22.9 Å². The summed E-state index contributed by atoms with van der Waals surface area (Å²) in [5, 5.41) is 18.7. The first kappa shape index (κ1) is 21.0. The first-order valence-corrected chi connectivity index (χ1v) is 11.5. The minimum Gasteiger partial charge on any atom is -0.457 e. The van der Waals surface area contributed by atoms with E-state index >= 15 is 0 Å². The molecule has 0 aliphatic carbocycles. The maximum atomic E-state index is 13.0. The second-order valence-electron chi connectivity index (χ2n) is 8.20. The number of halogens is 1. The fourth-order valence-electron chi connectivity index (χ4n) is 4.19. The largest absolute Gasteiger partial charge is 0.457 e. The number of carbonyl (C=O) groups is 1. The van der Waals surface area contributed by atoms with Gasteiger partial charge in [-0.25, -0.2) is 0 Å². The van der Waals surface area contributed by atoms with Crippen LogP contribution in [0.5, 0.6) is 0 Å². The molecule has 166 valence electrons. The third kappa shape index (κ3) is 3.56. The molecular formula is C22H21ClN4O4S. The van der Waals surface area contributed by atoms with Gasteiger partial charge in [0.15, 0.2) is 6.17 Å². The topological polar surface area (TPSA) is 101 Å². The van der Waals surface area contributed by atoms with E-state index < -0.39 is 11.1 Å². The van der Waals surface area contributed by atoms with Crippen LogP contribution in [0.4, 0.5) is 10.7 Å². The van der Waals surface area contributed by atoms with Gasteiger partial charge in [-0.3, -0.25) is 19.8 Å². The molecule has 3 aromatic rings. The van der Waals surface area contributed by atoms with Crippen LogP contribution in [0.15, 0.2) is 34.7 Å². The first-order chi connectivity index (χ1) is 15.3. The molecule has 1 amide bonds. The van der Waals surface area contributed by atoms with Crippen molar-refractivity contribution in [3.63, 3.8) is 0 Å². The summed E-state index contributed by atoms with van der Waals surface area (Å²) in [7, 11) is 0. The number of nitrogens with zero attached hydrogens (tertiary/aromatic N) is 2. The van der Waals surface area contributed by atoms with Gasteiger partial charge < -0.3 is 15.1 Å². The number of furan rings is 1. The van der Waals surface area contributed by atoms with E-state index in [2.05, 4.69) is 29.4 Å². The maximum Gasteiger partial charge on any atom is 0.270 e. The lowest BCUT2D eigenvalue weighted by molar-refractivity contribution is -0.384. The summed E-state index contributed by atoms with van der Waals surface area (Å²) < 4.78 is 5.95. The van der Waals surface area contributed by atoms with Crippen LogP contribution in [-0.2, 0) is 13.0 Å². The van der Waals surface area contributed by atoms with Crippen molar-refractivity contribution in [2.45, 2.75) is 39.0 Å². The number of amides is 1. The lowest BCUT2D eigenvalue weighted by atomic mass is 10.0. The number of carbonyl (C=O) groups excluding carboxylic acids is 1. The fraction of sp³-hybridized carbons (Fsp3) is 0.318. The minimum atomic E-state index is -0.539. The van der Waals surface area contributed by atoms with E-state index in [0.717, 1.165) is 35.6 Å². The molecule has 0 radical (unpaired) electrons. The Morgan fingerprint density at radius 1 is 1.28 bits per heavy atom. The number of hydrogen-bond acceptors (Lipinski definition) is 7. The maximum absolute atomic E-state index is 13.0. The number of thiophene rings is 1. The molecule has 4 heterocycles. The summed E-state index contributed by atoms with van der Waals surface area (Å²) in [6.45, 7) is 6.15. The molecule has 2 aliphatic rings. The zero-order valence-electron chi connectivity index (χ0n) is 17.5. The van der Waals surface area contributed by atoms with Crippen LogP contribution in [0, 0.1) is 10.1 Å². The molecule has 2 N–H and O–H groups in total. The van der Waals surface area contributed by atoms with E-state index in [0.29, 0.717) is 28.1 Å². The van der Waals surface area contributed by atoms with Crippen molar-refractivity contribution in [3.05, 3.63) is 67.2 Å². The fourth-order valence-corrected chi connectivity index (χ4v) is 5.70. The highest BCUT2D eigenvalue weighted by Crippen LogP contribution is 2.42. The predicted octanol–water partition coefficient (Wildman–Crippen LogP) is 5.19. The molecular weight excluding hydrogens is 452 g/mol. The smallest absolute Gasteiger partial charge is 0.270 e. The van der Waals surface area contributed by atoms with Crippen molar-refractivity contribution in [2.75, 3.05) is 11.9 Å². The molecule has 32 heavy (non-hydrogen) atoms. The van der Waals surface area contributed by atoms with E-state index in [9.17, 15) is 14.9 Å². The lowest BCUT2D eigenvalue weighted by Crippen LogP contribution is -2.39. The van der Waals surface area contributed by atoms with E-state index in [1.54, 1.807) is 23.5 Å². The standard InChI is InChI=1S/C22H21ClN4O4S/c1-11(2)26-8-7-13-18(10-26)32-22-19(13)21(28)24-20(25-22)17-6-5-16(31-17)14-9-12(27(29)30)3-4-15(14)23/h3-6,9,11,20,25H,7-8,10H2,1-2H3,(H,24,28). The zero-order valence-corrected chi connectivity index (χ0v) is 19.0. The molecule has 10 heteroatoms. The molecule has 1 unspecified atom stereocenters. The molecule has 0 saturated carbocycles. The second-order valence-corrected chi connectivity index (χ2v) is 9.71. The van der Waals surface area contributed by atoms with Crippen molar-refractivity contribution in [1.82, 2.24) is 10.2 Å². The number of benzene rings is 1. The summed E-state index contributed by atoms with van der Waals surface area (Å²) in [5.41, 5.74) is 2.22. The van der Waals surface area contributed by atoms with Crippen molar-refractivity contribution in [3.8, 4) is 11.3 Å². The Bertz CT molecular complexity index is 1230. The second kappa shape index (κ2) is 7.91. The first-order valence-electron chi connectivity index (χ1n) is 10.3. The molecule has 1 atom stereocenters. The van der Waals surface area contributed by atoms with E-state index in [1.165, 1.54) is 23.1 Å². The van der Waals surface area contributed by atoms with Gasteiger partial charge in [0.1, 0.15) is 16.5 Å². The van der Waals surface area contributed by atoms with Crippen LogP contribution < -0.4 is 10.6 Å². The minimum absolute atomic E-state index is 0.0734. The summed E-state index contributed by atoms with van der Waals surface area (Å²) in [6, 6.07) is 8.09. The SMILES string of the molecule is CC(C)N1CCc2c(sc3c2C(=O)NC(c2ccc(-c4cc([N+](=O)[O-])ccc4Cl)o2)N3)C1. The highest BCUT2D eigenvalue weighted by Gasteiger charge is 2.34. The Kier molecular flexibility index (Phi) is 5.19. The average molecular weight is 473 g/mol. The molecule has 0 fully saturated rings. The van der Waals surface area contributed by atoms with Crippen LogP contribution in [0.2, 0.25) is 5.02 Å². The van der Waals surface area contributed by atoms with Crippen molar-refractivity contribution < 1.29 is 14.1 Å². The summed E-state index contributed by atoms with van der Waals surface area (Å²) in [5.74, 6) is 0.774. The average Bonchev–Trinajstić information content (AvgIpc) is 3.38. The quantitative estimate of drug-likeness (QED) is 0.400. The summed E-state index contributed by atoms with van der Waals surface area (Å²) in [6.07, 6.45) is 0.317. The Balaban J connectivity index is 1.43. The Morgan fingerprint density at radius 2 is 2.09 bits per heavy atom. The van der Waals surface area contributed by atoms with Gasteiger partial charge in [0.25, 0.3) is 11.6 Å². The molecule has 0 saturated heterocycles. The van der Waals surface area contributed by atoms with Gasteiger partial charge in [0, 0.05) is 41.7 Å². The van der Waals surface area contributed by atoms with Crippen LogP contribution in [0.1, 0.15) is 46.6 Å². The van der Waals surface area contributed by atoms with Gasteiger partial charge in [0.05, 0.1) is 15.5 Å². The van der Waals surface area contributed by atoms with E-state index in [-0.39, 0.29) is 11.6 Å².